The SMILES string of the molecule is O=C1c2c(O)c(=O)cnn2[C@@H](C(c2ccc(F)c(F)c2)c2ccc(F)cc2F)[C@H]2CCCN12. The average Bonchev–Trinajstić information content (AvgIpc) is 3.26. The van der Waals surface area contributed by atoms with Crippen LogP contribution in [0, 0.1) is 23.3 Å². The van der Waals surface area contributed by atoms with E-state index in [4.69, 9.17) is 0 Å². The lowest BCUT2D eigenvalue weighted by atomic mass is 9.79. The minimum absolute atomic E-state index is 0.0282. The highest BCUT2D eigenvalue weighted by atomic mass is 19.2. The highest BCUT2D eigenvalue weighted by molar-refractivity contribution is 5.96. The molecule has 3 atom stereocenters. The van der Waals surface area contributed by atoms with Crippen molar-refractivity contribution in [3.63, 3.8) is 0 Å². The number of rotatable bonds is 3. The number of aromatic hydroxyl groups is 1. The quantitative estimate of drug-likeness (QED) is 0.609. The first-order valence-electron chi connectivity index (χ1n) is 10.3. The molecular weight excluding hydrogens is 442 g/mol. The van der Waals surface area contributed by atoms with Gasteiger partial charge in [-0.25, -0.2) is 17.6 Å². The number of aromatic nitrogens is 2. The highest BCUT2D eigenvalue weighted by Crippen LogP contribution is 2.46. The van der Waals surface area contributed by atoms with Gasteiger partial charge in [0.15, 0.2) is 23.1 Å². The molecule has 0 saturated carbocycles. The van der Waals surface area contributed by atoms with Crippen molar-refractivity contribution in [2.24, 2.45) is 0 Å². The van der Waals surface area contributed by atoms with Gasteiger partial charge in [-0.05, 0) is 42.2 Å². The first kappa shape index (κ1) is 21.2. The van der Waals surface area contributed by atoms with Crippen molar-refractivity contribution >= 4 is 5.91 Å². The average molecular weight is 459 g/mol. The maximum Gasteiger partial charge on any atom is 0.276 e. The summed E-state index contributed by atoms with van der Waals surface area (Å²) in [6.07, 6.45) is 1.93. The van der Waals surface area contributed by atoms with Crippen LogP contribution in [0.3, 0.4) is 0 Å². The Labute approximate surface area is 184 Å². The van der Waals surface area contributed by atoms with Crippen LogP contribution in [0.5, 0.6) is 5.75 Å². The summed E-state index contributed by atoms with van der Waals surface area (Å²) in [6, 6.07) is 4.59. The van der Waals surface area contributed by atoms with Crippen LogP contribution in [0.15, 0.2) is 47.4 Å². The topological polar surface area (TPSA) is 75.4 Å². The summed E-state index contributed by atoms with van der Waals surface area (Å²) in [5.74, 6) is -6.44. The fourth-order valence-corrected chi connectivity index (χ4v) is 4.97. The molecule has 1 N–H and O–H groups in total. The fourth-order valence-electron chi connectivity index (χ4n) is 4.97. The molecule has 170 valence electrons. The lowest BCUT2D eigenvalue weighted by molar-refractivity contribution is 0.0564. The number of halogens is 4. The van der Waals surface area contributed by atoms with Crippen molar-refractivity contribution in [3.8, 4) is 5.75 Å². The molecule has 6 nitrogen and oxygen atoms in total. The number of carbonyl (C=O) groups is 1. The van der Waals surface area contributed by atoms with Gasteiger partial charge in [-0.3, -0.25) is 14.3 Å². The van der Waals surface area contributed by atoms with Crippen LogP contribution in [0.25, 0.3) is 0 Å². The van der Waals surface area contributed by atoms with Crippen LogP contribution in [0.1, 0.15) is 46.4 Å². The molecule has 0 aliphatic carbocycles. The van der Waals surface area contributed by atoms with Gasteiger partial charge >= 0.3 is 0 Å². The summed E-state index contributed by atoms with van der Waals surface area (Å²) in [5, 5.41) is 14.5. The summed E-state index contributed by atoms with van der Waals surface area (Å²) in [4.78, 5) is 26.6. The zero-order valence-corrected chi connectivity index (χ0v) is 17.0. The van der Waals surface area contributed by atoms with E-state index >= 15 is 4.39 Å². The molecule has 1 saturated heterocycles. The molecule has 0 bridgehead atoms. The molecule has 5 rings (SSSR count). The molecule has 1 fully saturated rings. The molecule has 0 radical (unpaired) electrons. The minimum Gasteiger partial charge on any atom is -0.502 e. The zero-order valence-electron chi connectivity index (χ0n) is 17.0. The molecule has 2 aromatic carbocycles. The van der Waals surface area contributed by atoms with Crippen molar-refractivity contribution in [3.05, 3.63) is 92.9 Å². The van der Waals surface area contributed by atoms with E-state index in [0.717, 1.165) is 29.1 Å². The van der Waals surface area contributed by atoms with E-state index in [2.05, 4.69) is 5.10 Å². The summed E-state index contributed by atoms with van der Waals surface area (Å²) in [6.45, 7) is 0.332. The second-order valence-electron chi connectivity index (χ2n) is 8.17. The molecule has 3 heterocycles. The maximum absolute atomic E-state index is 15.0. The minimum atomic E-state index is -1.16. The van der Waals surface area contributed by atoms with E-state index in [0.29, 0.717) is 25.5 Å². The third-order valence-electron chi connectivity index (χ3n) is 6.37. The van der Waals surface area contributed by atoms with Gasteiger partial charge in [0.1, 0.15) is 11.6 Å². The lowest BCUT2D eigenvalue weighted by Crippen LogP contribution is -2.51. The van der Waals surface area contributed by atoms with E-state index in [-0.39, 0.29) is 16.8 Å². The summed E-state index contributed by atoms with van der Waals surface area (Å²) < 4.78 is 57.8. The zero-order chi connectivity index (χ0) is 23.4. The van der Waals surface area contributed by atoms with E-state index in [1.807, 2.05) is 0 Å². The Kier molecular flexibility index (Phi) is 4.95. The van der Waals surface area contributed by atoms with Gasteiger partial charge in [0.25, 0.3) is 5.91 Å². The number of hydrogen-bond acceptors (Lipinski definition) is 4. The number of fused-ring (bicyclic) bond motifs is 2. The van der Waals surface area contributed by atoms with Gasteiger partial charge in [-0.2, -0.15) is 5.10 Å². The molecule has 10 heteroatoms. The Morgan fingerprint density at radius 2 is 1.79 bits per heavy atom. The third kappa shape index (κ3) is 3.28. The molecule has 1 amide bonds. The van der Waals surface area contributed by atoms with Crippen LogP contribution in [-0.4, -0.2) is 38.3 Å². The Balaban J connectivity index is 1.81. The maximum atomic E-state index is 15.0. The largest absolute Gasteiger partial charge is 0.502 e. The van der Waals surface area contributed by atoms with Crippen molar-refractivity contribution in [1.29, 1.82) is 0 Å². The number of hydrogen-bond donors (Lipinski definition) is 1. The van der Waals surface area contributed by atoms with Crippen LogP contribution in [0.2, 0.25) is 0 Å². The lowest BCUT2D eigenvalue weighted by Gasteiger charge is -2.42. The molecule has 1 aromatic heterocycles. The van der Waals surface area contributed by atoms with E-state index in [1.165, 1.54) is 17.0 Å². The molecular formula is C23H17F4N3O3. The monoisotopic (exact) mass is 459 g/mol. The number of amides is 1. The molecule has 3 aromatic rings. The molecule has 0 spiro atoms. The van der Waals surface area contributed by atoms with E-state index in [1.54, 1.807) is 0 Å². The summed E-state index contributed by atoms with van der Waals surface area (Å²) >= 11 is 0. The predicted octanol–water partition coefficient (Wildman–Crippen LogP) is 3.50. The second-order valence-corrected chi connectivity index (χ2v) is 8.17. The standard InChI is InChI=1S/C23H17F4N3O3/c24-12-4-5-13(15(26)9-12)19(11-3-6-14(25)16(27)8-11)20-17-2-1-7-29(17)23(33)21-22(32)18(31)10-28-30(20)21/h3-6,8-10,17,19-20,32H,1-2,7H2/t17-,19?,20-/m1/s1. The van der Waals surface area contributed by atoms with Gasteiger partial charge in [0.2, 0.25) is 5.43 Å². The third-order valence-corrected chi connectivity index (χ3v) is 6.37. The Hall–Kier alpha value is -3.69. The first-order chi connectivity index (χ1) is 15.8. The van der Waals surface area contributed by atoms with Crippen molar-refractivity contribution in [1.82, 2.24) is 14.7 Å². The normalized spacial score (nSPS) is 20.5. The van der Waals surface area contributed by atoms with Gasteiger partial charge in [-0.15, -0.1) is 0 Å². The van der Waals surface area contributed by atoms with Gasteiger partial charge in [0, 0.05) is 18.5 Å². The molecule has 33 heavy (non-hydrogen) atoms. The van der Waals surface area contributed by atoms with Gasteiger partial charge in [-0.1, -0.05) is 12.1 Å². The van der Waals surface area contributed by atoms with Gasteiger partial charge < -0.3 is 10.0 Å². The van der Waals surface area contributed by atoms with E-state index in [9.17, 15) is 27.9 Å². The molecule has 2 aliphatic rings. The predicted molar refractivity (Wildman–Crippen MR) is 108 cm³/mol. The van der Waals surface area contributed by atoms with Crippen LogP contribution in [-0.2, 0) is 0 Å². The molecule has 1 unspecified atom stereocenters. The highest BCUT2D eigenvalue weighted by Gasteiger charge is 2.48. The Bertz CT molecular complexity index is 1340. The number of benzene rings is 2. The van der Waals surface area contributed by atoms with Crippen molar-refractivity contribution in [2.45, 2.75) is 30.8 Å². The van der Waals surface area contributed by atoms with Crippen molar-refractivity contribution in [2.75, 3.05) is 6.54 Å². The summed E-state index contributed by atoms with van der Waals surface area (Å²) in [5.41, 5.74) is -1.08. The number of nitrogens with zero attached hydrogens (tertiary/aromatic N) is 3. The van der Waals surface area contributed by atoms with Gasteiger partial charge in [0.05, 0.1) is 18.3 Å². The van der Waals surface area contributed by atoms with Crippen LogP contribution in [0.4, 0.5) is 17.6 Å². The summed E-state index contributed by atoms with van der Waals surface area (Å²) in [7, 11) is 0. The number of carbonyl (C=O) groups excluding carboxylic acids is 1. The van der Waals surface area contributed by atoms with E-state index < -0.39 is 58.4 Å². The molecule has 2 aliphatic heterocycles. The fraction of sp³-hybridized carbons (Fsp3) is 0.261. The Morgan fingerprint density at radius 3 is 2.52 bits per heavy atom. The van der Waals surface area contributed by atoms with Crippen molar-refractivity contribution < 1.29 is 27.5 Å². The smallest absolute Gasteiger partial charge is 0.276 e. The Morgan fingerprint density at radius 1 is 1.00 bits per heavy atom. The first-order valence-corrected chi connectivity index (χ1v) is 10.3. The van der Waals surface area contributed by atoms with Crippen LogP contribution >= 0.6 is 0 Å². The second kappa shape index (κ2) is 7.72. The van der Waals surface area contributed by atoms with Crippen LogP contribution < -0.4 is 5.43 Å².